The van der Waals surface area contributed by atoms with Crippen molar-refractivity contribution in [3.8, 4) is 11.1 Å². The number of amides is 1. The van der Waals surface area contributed by atoms with Crippen LogP contribution >= 0.6 is 0 Å². The van der Waals surface area contributed by atoms with Gasteiger partial charge in [0.05, 0.1) is 22.7 Å². The summed E-state index contributed by atoms with van der Waals surface area (Å²) in [5.74, 6) is -0.340. The molecular formula is C22H22N4O2. The average Bonchev–Trinajstić information content (AvgIpc) is 2.69. The van der Waals surface area contributed by atoms with Gasteiger partial charge in [-0.1, -0.05) is 24.3 Å². The van der Waals surface area contributed by atoms with Crippen molar-refractivity contribution < 1.29 is 9.59 Å². The maximum atomic E-state index is 12.4. The van der Waals surface area contributed by atoms with E-state index in [-0.39, 0.29) is 11.7 Å². The van der Waals surface area contributed by atoms with Crippen LogP contribution in [0, 0.1) is 0 Å². The first-order chi connectivity index (χ1) is 13.4. The predicted molar refractivity (Wildman–Crippen MR) is 115 cm³/mol. The Bertz CT molecular complexity index is 1040. The number of anilines is 4. The second kappa shape index (κ2) is 7.84. The topological polar surface area (TPSA) is 110 Å². The second-order valence-corrected chi connectivity index (χ2v) is 6.44. The fourth-order valence-electron chi connectivity index (χ4n) is 2.88. The van der Waals surface area contributed by atoms with Crippen molar-refractivity contribution in [3.05, 3.63) is 71.8 Å². The number of hydrogen-bond donors (Lipinski definition) is 4. The third-order valence-corrected chi connectivity index (χ3v) is 4.51. The number of benzene rings is 3. The lowest BCUT2D eigenvalue weighted by Gasteiger charge is -2.12. The van der Waals surface area contributed by atoms with Crippen LogP contribution in [-0.4, -0.2) is 18.7 Å². The van der Waals surface area contributed by atoms with Crippen molar-refractivity contribution in [1.82, 2.24) is 0 Å². The molecule has 0 radical (unpaired) electrons. The van der Waals surface area contributed by atoms with Gasteiger partial charge in [-0.3, -0.25) is 9.59 Å². The van der Waals surface area contributed by atoms with Gasteiger partial charge in [0, 0.05) is 18.2 Å². The predicted octanol–water partition coefficient (Wildman–Crippen LogP) is 4.01. The molecule has 0 aliphatic heterocycles. The van der Waals surface area contributed by atoms with Crippen molar-refractivity contribution in [2.75, 3.05) is 29.1 Å². The van der Waals surface area contributed by atoms with E-state index >= 15 is 0 Å². The number of hydrogen-bond acceptors (Lipinski definition) is 5. The normalized spacial score (nSPS) is 10.4. The molecule has 142 valence electrons. The maximum absolute atomic E-state index is 12.4. The summed E-state index contributed by atoms with van der Waals surface area (Å²) in [5, 5.41) is 5.83. The molecule has 6 N–H and O–H groups in total. The molecule has 0 fully saturated rings. The van der Waals surface area contributed by atoms with Crippen LogP contribution in [0.3, 0.4) is 0 Å². The van der Waals surface area contributed by atoms with Crippen molar-refractivity contribution >= 4 is 34.4 Å². The number of carbonyl (C=O) groups excluding carboxylic acids is 2. The number of nitrogen functional groups attached to an aromatic ring is 2. The summed E-state index contributed by atoms with van der Waals surface area (Å²) in [6.45, 7) is 1.48. The molecule has 0 heterocycles. The Morgan fingerprint density at radius 3 is 1.71 bits per heavy atom. The highest BCUT2D eigenvalue weighted by atomic mass is 16.1. The van der Waals surface area contributed by atoms with Crippen molar-refractivity contribution in [2.45, 2.75) is 6.92 Å². The monoisotopic (exact) mass is 374 g/mol. The van der Waals surface area contributed by atoms with E-state index < -0.39 is 0 Å². The summed E-state index contributed by atoms with van der Waals surface area (Å²) in [6, 6.07) is 17.6. The number of Topliss-reactive ketones (excluding diaryl/α,β-unsaturated/α-hetero) is 1. The molecule has 0 aromatic heterocycles. The van der Waals surface area contributed by atoms with Crippen LogP contribution in [0.15, 0.2) is 60.7 Å². The Morgan fingerprint density at radius 2 is 1.25 bits per heavy atom. The highest BCUT2D eigenvalue weighted by Gasteiger charge is 2.10. The van der Waals surface area contributed by atoms with E-state index in [2.05, 4.69) is 10.6 Å². The lowest BCUT2D eigenvalue weighted by atomic mass is 10.0. The van der Waals surface area contributed by atoms with E-state index in [1.54, 1.807) is 36.4 Å². The van der Waals surface area contributed by atoms with Gasteiger partial charge in [0.25, 0.3) is 5.91 Å². The highest BCUT2D eigenvalue weighted by Crippen LogP contribution is 2.30. The van der Waals surface area contributed by atoms with E-state index in [1.165, 1.54) is 6.92 Å². The van der Waals surface area contributed by atoms with Crippen LogP contribution in [0.1, 0.15) is 27.6 Å². The van der Waals surface area contributed by atoms with E-state index in [9.17, 15) is 9.59 Å². The second-order valence-electron chi connectivity index (χ2n) is 6.44. The fourth-order valence-corrected chi connectivity index (χ4v) is 2.88. The average molecular weight is 374 g/mol. The Morgan fingerprint density at radius 1 is 0.750 bits per heavy atom. The number of nitrogens with two attached hydrogens (primary N) is 2. The summed E-state index contributed by atoms with van der Waals surface area (Å²) in [5.41, 5.74) is 17.5. The molecule has 0 bridgehead atoms. The lowest BCUT2D eigenvalue weighted by Crippen LogP contribution is -2.13. The fraction of sp³-hybridized carbons (Fsp3) is 0.0909. The first-order valence-electron chi connectivity index (χ1n) is 8.78. The van der Waals surface area contributed by atoms with Crippen molar-refractivity contribution in [2.24, 2.45) is 0 Å². The molecule has 6 nitrogen and oxygen atoms in total. The number of carbonyl (C=O) groups is 2. The zero-order chi connectivity index (χ0) is 20.3. The van der Waals surface area contributed by atoms with E-state index in [4.69, 9.17) is 11.5 Å². The summed E-state index contributed by atoms with van der Waals surface area (Å²) >= 11 is 0. The van der Waals surface area contributed by atoms with Gasteiger partial charge in [-0.25, -0.2) is 0 Å². The molecule has 0 aliphatic rings. The van der Waals surface area contributed by atoms with Crippen LogP contribution in [0.5, 0.6) is 0 Å². The first-order valence-corrected chi connectivity index (χ1v) is 8.78. The van der Waals surface area contributed by atoms with E-state index in [0.29, 0.717) is 28.2 Å². The molecule has 1 amide bonds. The number of ketones is 1. The quantitative estimate of drug-likeness (QED) is 0.398. The van der Waals surface area contributed by atoms with Crippen LogP contribution in [0.2, 0.25) is 0 Å². The third kappa shape index (κ3) is 3.96. The van der Waals surface area contributed by atoms with Gasteiger partial charge in [-0.2, -0.15) is 0 Å². The minimum absolute atomic E-state index is 0.0461. The summed E-state index contributed by atoms with van der Waals surface area (Å²) in [6.07, 6.45) is 0. The maximum Gasteiger partial charge on any atom is 0.255 e. The largest absolute Gasteiger partial charge is 0.397 e. The molecule has 0 atom stereocenters. The van der Waals surface area contributed by atoms with Crippen LogP contribution in [0.25, 0.3) is 11.1 Å². The molecule has 0 saturated heterocycles. The van der Waals surface area contributed by atoms with Crippen LogP contribution in [0.4, 0.5) is 22.7 Å². The molecule has 0 saturated carbocycles. The minimum Gasteiger partial charge on any atom is -0.397 e. The summed E-state index contributed by atoms with van der Waals surface area (Å²) < 4.78 is 0. The molecular weight excluding hydrogens is 352 g/mol. The third-order valence-electron chi connectivity index (χ3n) is 4.51. The van der Waals surface area contributed by atoms with Crippen LogP contribution in [-0.2, 0) is 0 Å². The molecule has 3 aromatic carbocycles. The Hall–Kier alpha value is -3.80. The van der Waals surface area contributed by atoms with Gasteiger partial charge in [0.15, 0.2) is 5.78 Å². The molecule has 3 aromatic rings. The number of nitrogens with one attached hydrogen (secondary N) is 2. The molecule has 0 spiro atoms. The number of rotatable bonds is 5. The van der Waals surface area contributed by atoms with E-state index in [1.807, 2.05) is 31.3 Å². The zero-order valence-corrected chi connectivity index (χ0v) is 15.7. The molecule has 3 rings (SSSR count). The Labute approximate surface area is 163 Å². The van der Waals surface area contributed by atoms with Crippen LogP contribution < -0.4 is 22.1 Å². The Kier molecular flexibility index (Phi) is 5.31. The van der Waals surface area contributed by atoms with E-state index in [0.717, 1.165) is 16.8 Å². The SMILES string of the molecule is CNc1ccc(-c2ccc(NC(=O)c3ccc(C(C)=O)cc3)c(N)c2)cc1N. The molecule has 0 aliphatic carbocycles. The molecule has 6 heteroatoms. The van der Waals surface area contributed by atoms with Gasteiger partial charge in [0.2, 0.25) is 0 Å². The zero-order valence-electron chi connectivity index (χ0n) is 15.7. The smallest absolute Gasteiger partial charge is 0.255 e. The van der Waals surface area contributed by atoms with Gasteiger partial charge >= 0.3 is 0 Å². The first kappa shape index (κ1) is 19.0. The standard InChI is InChI=1S/C22H22N4O2/c1-13(27)14-3-5-15(6-4-14)22(28)26-21-10-8-17(12-19(21)24)16-7-9-20(25-2)18(23)11-16/h3-12,25H,23-24H2,1-2H3,(H,26,28). The molecule has 0 unspecified atom stereocenters. The van der Waals surface area contributed by atoms with Crippen molar-refractivity contribution in [1.29, 1.82) is 0 Å². The lowest BCUT2D eigenvalue weighted by molar-refractivity contribution is 0.101. The van der Waals surface area contributed by atoms with Gasteiger partial charge in [-0.15, -0.1) is 0 Å². The Balaban J connectivity index is 1.79. The highest BCUT2D eigenvalue weighted by molar-refractivity contribution is 6.06. The van der Waals surface area contributed by atoms with Gasteiger partial charge in [-0.05, 0) is 54.4 Å². The van der Waals surface area contributed by atoms with Gasteiger partial charge < -0.3 is 22.1 Å². The van der Waals surface area contributed by atoms with Gasteiger partial charge in [0.1, 0.15) is 0 Å². The summed E-state index contributed by atoms with van der Waals surface area (Å²) in [4.78, 5) is 23.8. The van der Waals surface area contributed by atoms with Crippen molar-refractivity contribution in [3.63, 3.8) is 0 Å². The summed E-state index contributed by atoms with van der Waals surface area (Å²) in [7, 11) is 1.81. The minimum atomic E-state index is -0.294. The molecule has 28 heavy (non-hydrogen) atoms.